The number of ether oxygens (including phenoxy) is 2. The Morgan fingerprint density at radius 1 is 0.806 bits per heavy atom. The van der Waals surface area contributed by atoms with Crippen LogP contribution in [0.3, 0.4) is 0 Å². The number of nitrogens with one attached hydrogen (secondary N) is 2. The summed E-state index contributed by atoms with van der Waals surface area (Å²) >= 11 is 0. The third kappa shape index (κ3) is 6.18. The first kappa shape index (κ1) is 26.2. The van der Waals surface area contributed by atoms with Crippen molar-refractivity contribution in [2.75, 3.05) is 14.2 Å². The fourth-order valence-corrected chi connectivity index (χ4v) is 3.85. The van der Waals surface area contributed by atoms with Gasteiger partial charge in [0.15, 0.2) is 0 Å². The number of hydrogen-bond donors (Lipinski definition) is 2. The second-order valence-corrected chi connectivity index (χ2v) is 8.42. The average molecular weight is 492 g/mol. The smallest absolute Gasteiger partial charge is 0.269 e. The van der Waals surface area contributed by atoms with Crippen molar-refractivity contribution in [3.05, 3.63) is 99.6 Å². The molecular formula is C27H29N3O6. The molecule has 0 aliphatic rings. The summed E-state index contributed by atoms with van der Waals surface area (Å²) in [5, 5.41) is 16.7. The van der Waals surface area contributed by atoms with Crippen LogP contribution in [0.15, 0.2) is 72.8 Å². The molecule has 2 N–H and O–H groups in total. The normalized spacial score (nSPS) is 10.9. The van der Waals surface area contributed by atoms with Gasteiger partial charge in [0.1, 0.15) is 16.9 Å². The van der Waals surface area contributed by atoms with Gasteiger partial charge in [-0.3, -0.25) is 19.7 Å². The lowest BCUT2D eigenvalue weighted by molar-refractivity contribution is -0.384. The van der Waals surface area contributed by atoms with Crippen LogP contribution in [0.5, 0.6) is 11.5 Å². The summed E-state index contributed by atoms with van der Waals surface area (Å²) in [6, 6.07) is 20.4. The first-order valence-electron chi connectivity index (χ1n) is 11.3. The van der Waals surface area contributed by atoms with Crippen LogP contribution in [0, 0.1) is 15.5 Å². The number of para-hydroxylation sites is 2. The first-order chi connectivity index (χ1) is 17.3. The molecule has 2 amide bonds. The minimum absolute atomic E-state index is 0.0422. The fraction of sp³-hybridized carbons (Fsp3) is 0.259. The van der Waals surface area contributed by atoms with Crippen LogP contribution in [-0.4, -0.2) is 31.0 Å². The summed E-state index contributed by atoms with van der Waals surface area (Å²) in [6.07, 6.45) is 0.0422. The van der Waals surface area contributed by atoms with Crippen LogP contribution >= 0.6 is 0 Å². The molecule has 3 aromatic carbocycles. The number of nitro benzene ring substituents is 1. The monoisotopic (exact) mass is 491 g/mol. The molecule has 0 unspecified atom stereocenters. The lowest BCUT2D eigenvalue weighted by Gasteiger charge is -2.28. The number of rotatable bonds is 11. The highest BCUT2D eigenvalue weighted by Gasteiger charge is 2.41. The van der Waals surface area contributed by atoms with E-state index in [1.54, 1.807) is 45.4 Å². The molecule has 9 heteroatoms. The molecule has 0 saturated heterocycles. The second-order valence-electron chi connectivity index (χ2n) is 8.42. The second kappa shape index (κ2) is 11.8. The Balaban J connectivity index is 1.83. The molecule has 0 fully saturated rings. The quantitative estimate of drug-likeness (QED) is 0.239. The van der Waals surface area contributed by atoms with Gasteiger partial charge in [-0.1, -0.05) is 48.5 Å². The molecule has 0 spiro atoms. The van der Waals surface area contributed by atoms with Gasteiger partial charge in [-0.25, -0.2) is 0 Å². The van der Waals surface area contributed by atoms with E-state index in [0.717, 1.165) is 11.1 Å². The number of benzene rings is 3. The molecule has 0 aromatic heterocycles. The van der Waals surface area contributed by atoms with E-state index < -0.39 is 22.2 Å². The molecule has 0 atom stereocenters. The lowest BCUT2D eigenvalue weighted by Crippen LogP contribution is -2.50. The maximum absolute atomic E-state index is 13.4. The van der Waals surface area contributed by atoms with Gasteiger partial charge in [-0.05, 0) is 31.0 Å². The Morgan fingerprint density at radius 2 is 1.25 bits per heavy atom. The molecule has 0 bridgehead atoms. The summed E-state index contributed by atoms with van der Waals surface area (Å²) in [6.45, 7) is 1.89. The van der Waals surface area contributed by atoms with Crippen LogP contribution in [0.2, 0.25) is 0 Å². The van der Waals surface area contributed by atoms with E-state index in [9.17, 15) is 19.7 Å². The van der Waals surface area contributed by atoms with Crippen molar-refractivity contribution in [2.24, 2.45) is 5.41 Å². The molecule has 0 saturated carbocycles. The number of carbonyl (C=O) groups excluding carboxylic acids is 2. The maximum Gasteiger partial charge on any atom is 0.269 e. The molecule has 188 valence electrons. The van der Waals surface area contributed by atoms with Crippen molar-refractivity contribution in [2.45, 2.75) is 26.4 Å². The Morgan fingerprint density at radius 3 is 1.67 bits per heavy atom. The number of amides is 2. The standard InChI is InChI=1S/C27H29N3O6/c1-27(16-19-12-14-22(15-13-19)30(33)34,25(31)28-17-20-8-4-6-10-23(20)35-2)26(32)29-18-21-9-5-7-11-24(21)36-3/h4-15H,16-18H2,1-3H3,(H,28,31)(H,29,32). The summed E-state index contributed by atoms with van der Waals surface area (Å²) < 4.78 is 10.7. The lowest BCUT2D eigenvalue weighted by atomic mass is 9.81. The summed E-state index contributed by atoms with van der Waals surface area (Å²) in [5.41, 5.74) is 0.575. The number of hydrogen-bond acceptors (Lipinski definition) is 6. The maximum atomic E-state index is 13.4. The minimum atomic E-state index is -1.50. The van der Waals surface area contributed by atoms with Gasteiger partial charge < -0.3 is 20.1 Å². The highest BCUT2D eigenvalue weighted by molar-refractivity contribution is 6.05. The fourth-order valence-electron chi connectivity index (χ4n) is 3.85. The Kier molecular flexibility index (Phi) is 8.61. The third-order valence-electron chi connectivity index (χ3n) is 5.97. The van der Waals surface area contributed by atoms with E-state index in [2.05, 4.69) is 10.6 Å². The van der Waals surface area contributed by atoms with Gasteiger partial charge in [-0.15, -0.1) is 0 Å². The number of carbonyl (C=O) groups is 2. The van der Waals surface area contributed by atoms with Gasteiger partial charge in [0.25, 0.3) is 5.69 Å². The van der Waals surface area contributed by atoms with Gasteiger partial charge in [0.2, 0.25) is 11.8 Å². The largest absolute Gasteiger partial charge is 0.496 e. The van der Waals surface area contributed by atoms with Crippen LogP contribution in [0.4, 0.5) is 5.69 Å². The Labute approximate surface area is 209 Å². The minimum Gasteiger partial charge on any atom is -0.496 e. The number of methoxy groups -OCH3 is 2. The molecule has 9 nitrogen and oxygen atoms in total. The van der Waals surface area contributed by atoms with Crippen molar-refractivity contribution in [1.29, 1.82) is 0 Å². The van der Waals surface area contributed by atoms with Crippen molar-refractivity contribution in [3.63, 3.8) is 0 Å². The molecule has 36 heavy (non-hydrogen) atoms. The molecular weight excluding hydrogens is 462 g/mol. The van der Waals surface area contributed by atoms with Crippen LogP contribution in [0.25, 0.3) is 0 Å². The Hall–Kier alpha value is -4.40. The molecule has 0 aliphatic carbocycles. The van der Waals surface area contributed by atoms with E-state index in [-0.39, 0.29) is 25.2 Å². The highest BCUT2D eigenvalue weighted by Crippen LogP contribution is 2.27. The van der Waals surface area contributed by atoms with Gasteiger partial charge in [-0.2, -0.15) is 0 Å². The van der Waals surface area contributed by atoms with E-state index >= 15 is 0 Å². The van der Waals surface area contributed by atoms with Crippen LogP contribution in [-0.2, 0) is 29.1 Å². The van der Waals surface area contributed by atoms with Crippen molar-refractivity contribution < 1.29 is 24.0 Å². The zero-order valence-electron chi connectivity index (χ0n) is 20.4. The van der Waals surface area contributed by atoms with Crippen molar-refractivity contribution in [3.8, 4) is 11.5 Å². The SMILES string of the molecule is COc1ccccc1CNC(=O)C(C)(Cc1ccc([N+](=O)[O-])cc1)C(=O)NCc1ccccc1OC. The molecule has 3 aromatic rings. The van der Waals surface area contributed by atoms with Gasteiger partial charge >= 0.3 is 0 Å². The predicted octanol–water partition coefficient (Wildman–Crippen LogP) is 3.79. The molecule has 0 radical (unpaired) electrons. The zero-order valence-corrected chi connectivity index (χ0v) is 20.4. The van der Waals surface area contributed by atoms with E-state index in [1.807, 2.05) is 36.4 Å². The topological polar surface area (TPSA) is 120 Å². The molecule has 0 aliphatic heterocycles. The Bertz CT molecular complexity index is 1160. The predicted molar refractivity (Wildman–Crippen MR) is 135 cm³/mol. The molecule has 0 heterocycles. The average Bonchev–Trinajstić information content (AvgIpc) is 2.90. The number of nitro groups is 1. The summed E-state index contributed by atoms with van der Waals surface area (Å²) in [7, 11) is 3.09. The summed E-state index contributed by atoms with van der Waals surface area (Å²) in [5.74, 6) is 0.277. The van der Waals surface area contributed by atoms with E-state index in [0.29, 0.717) is 17.1 Å². The number of non-ortho nitro benzene ring substituents is 1. The third-order valence-corrected chi connectivity index (χ3v) is 5.97. The van der Waals surface area contributed by atoms with E-state index in [1.165, 1.54) is 12.1 Å². The number of nitrogens with zero attached hydrogens (tertiary/aromatic N) is 1. The van der Waals surface area contributed by atoms with Crippen molar-refractivity contribution >= 4 is 17.5 Å². The van der Waals surface area contributed by atoms with Crippen molar-refractivity contribution in [1.82, 2.24) is 10.6 Å². The highest BCUT2D eigenvalue weighted by atomic mass is 16.6. The van der Waals surface area contributed by atoms with Gasteiger partial charge in [0, 0.05) is 36.3 Å². The first-order valence-corrected chi connectivity index (χ1v) is 11.3. The van der Waals surface area contributed by atoms with E-state index in [4.69, 9.17) is 9.47 Å². The van der Waals surface area contributed by atoms with Gasteiger partial charge in [0.05, 0.1) is 19.1 Å². The zero-order chi connectivity index (χ0) is 26.1. The molecule has 3 rings (SSSR count). The summed E-state index contributed by atoms with van der Waals surface area (Å²) in [4.78, 5) is 37.4. The van der Waals surface area contributed by atoms with Crippen LogP contribution < -0.4 is 20.1 Å². The van der Waals surface area contributed by atoms with Crippen LogP contribution in [0.1, 0.15) is 23.6 Å².